The largest absolute Gasteiger partial charge is 0.573 e. The Morgan fingerprint density at radius 2 is 1.91 bits per heavy atom. The van der Waals surface area contributed by atoms with E-state index in [0.717, 1.165) is 25.7 Å². The second kappa shape index (κ2) is 7.89. The van der Waals surface area contributed by atoms with Gasteiger partial charge in [-0.2, -0.15) is 0 Å². The van der Waals surface area contributed by atoms with Gasteiger partial charge in [-0.1, -0.05) is 44.7 Å². The molecule has 1 unspecified atom stereocenters. The standard InChI is InChI=1S/C18H25F3O/c1-2-3-4-5-14-6-8-15(9-7-14)16-10-12-17(13-11-16)22-18(19,20)21/h10-15H,2-9H2,1H3/t14-,15-/i8D,9D2/t8?,14-,15-/m0/s1. The molecule has 1 aliphatic rings. The molecule has 124 valence electrons. The first-order valence-corrected chi connectivity index (χ1v) is 7.90. The van der Waals surface area contributed by atoms with E-state index in [4.69, 9.17) is 4.11 Å². The molecule has 0 aromatic heterocycles. The van der Waals surface area contributed by atoms with Crippen LogP contribution in [-0.2, 0) is 0 Å². The number of hydrogen-bond donors (Lipinski definition) is 0. The summed E-state index contributed by atoms with van der Waals surface area (Å²) in [5.41, 5.74) is 0.562. The van der Waals surface area contributed by atoms with Gasteiger partial charge < -0.3 is 4.74 Å². The van der Waals surface area contributed by atoms with Crippen molar-refractivity contribution in [2.24, 2.45) is 5.92 Å². The summed E-state index contributed by atoms with van der Waals surface area (Å²) in [6.45, 7) is 2.12. The van der Waals surface area contributed by atoms with Gasteiger partial charge in [-0.05, 0) is 55.1 Å². The normalized spacial score (nSPS) is 30.2. The summed E-state index contributed by atoms with van der Waals surface area (Å²) in [4.78, 5) is 0. The third kappa shape index (κ3) is 5.54. The minimum Gasteiger partial charge on any atom is -0.406 e. The van der Waals surface area contributed by atoms with E-state index in [-0.39, 0.29) is 11.7 Å². The number of ether oxygens (including phenoxy) is 1. The highest BCUT2D eigenvalue weighted by atomic mass is 19.4. The summed E-state index contributed by atoms with van der Waals surface area (Å²) in [5.74, 6) is -0.755. The van der Waals surface area contributed by atoms with Gasteiger partial charge in [0, 0.05) is 4.11 Å². The molecule has 0 aliphatic heterocycles. The Morgan fingerprint density at radius 3 is 2.50 bits per heavy atom. The molecular formula is C18H25F3O. The van der Waals surface area contributed by atoms with E-state index in [0.29, 0.717) is 18.4 Å². The van der Waals surface area contributed by atoms with E-state index >= 15 is 0 Å². The monoisotopic (exact) mass is 317 g/mol. The predicted molar refractivity (Wildman–Crippen MR) is 82.0 cm³/mol. The van der Waals surface area contributed by atoms with E-state index < -0.39 is 25.1 Å². The average molecular weight is 317 g/mol. The van der Waals surface area contributed by atoms with Gasteiger partial charge >= 0.3 is 6.36 Å². The lowest BCUT2D eigenvalue weighted by Crippen LogP contribution is -2.17. The highest BCUT2D eigenvalue weighted by molar-refractivity contribution is 5.29. The molecular weight excluding hydrogens is 289 g/mol. The molecule has 4 heteroatoms. The van der Waals surface area contributed by atoms with Gasteiger partial charge in [0.05, 0.1) is 0 Å². The number of halogens is 3. The van der Waals surface area contributed by atoms with E-state index in [1.807, 2.05) is 0 Å². The maximum atomic E-state index is 12.2. The SMILES string of the molecule is [2H]C1C[C@H](CCCCC)CC([2H])([2H])[C@H]1c1ccc(OC(F)(F)F)cc1. The van der Waals surface area contributed by atoms with Crippen LogP contribution in [0.4, 0.5) is 13.2 Å². The van der Waals surface area contributed by atoms with Gasteiger partial charge in [0.1, 0.15) is 5.75 Å². The molecule has 0 heterocycles. The molecule has 1 fully saturated rings. The third-order valence-electron chi connectivity index (χ3n) is 4.02. The molecule has 1 nitrogen and oxygen atoms in total. The molecule has 0 N–H and O–H groups in total. The Balaban J connectivity index is 2.08. The maximum Gasteiger partial charge on any atom is 0.573 e. The summed E-state index contributed by atoms with van der Waals surface area (Å²) in [7, 11) is 0. The average Bonchev–Trinajstić information content (AvgIpc) is 2.46. The van der Waals surface area contributed by atoms with Crippen LogP contribution >= 0.6 is 0 Å². The van der Waals surface area contributed by atoms with Crippen LogP contribution in [0.5, 0.6) is 5.75 Å². The van der Waals surface area contributed by atoms with Gasteiger partial charge in [0.2, 0.25) is 0 Å². The zero-order valence-corrected chi connectivity index (χ0v) is 12.8. The molecule has 22 heavy (non-hydrogen) atoms. The number of rotatable bonds is 6. The molecule has 0 saturated heterocycles. The fourth-order valence-corrected chi connectivity index (χ4v) is 2.82. The van der Waals surface area contributed by atoms with Crippen LogP contribution in [0, 0.1) is 5.92 Å². The maximum absolute atomic E-state index is 12.2. The van der Waals surface area contributed by atoms with Crippen molar-refractivity contribution < 1.29 is 22.0 Å². The van der Waals surface area contributed by atoms with E-state index in [9.17, 15) is 13.2 Å². The van der Waals surface area contributed by atoms with Gasteiger partial charge in [-0.15, -0.1) is 13.2 Å². The van der Waals surface area contributed by atoms with E-state index in [2.05, 4.69) is 11.7 Å². The van der Waals surface area contributed by atoms with Crippen LogP contribution in [-0.4, -0.2) is 6.36 Å². The summed E-state index contributed by atoms with van der Waals surface area (Å²) in [6.07, 6.45) is -1.62. The summed E-state index contributed by atoms with van der Waals surface area (Å²) < 4.78 is 65.7. The molecule has 1 aromatic rings. The van der Waals surface area contributed by atoms with Crippen LogP contribution in [0.15, 0.2) is 24.3 Å². The van der Waals surface area contributed by atoms with Crippen molar-refractivity contribution in [3.63, 3.8) is 0 Å². The van der Waals surface area contributed by atoms with Crippen molar-refractivity contribution in [1.29, 1.82) is 0 Å². The highest BCUT2D eigenvalue weighted by Crippen LogP contribution is 2.38. The fourth-order valence-electron chi connectivity index (χ4n) is 2.82. The van der Waals surface area contributed by atoms with Crippen LogP contribution in [0.1, 0.15) is 73.8 Å². The lowest BCUT2D eigenvalue weighted by Gasteiger charge is -2.29. The Bertz CT molecular complexity index is 545. The molecule has 2 rings (SSSR count). The van der Waals surface area contributed by atoms with E-state index in [1.165, 1.54) is 24.3 Å². The van der Waals surface area contributed by atoms with Gasteiger partial charge in [0.25, 0.3) is 0 Å². The number of benzene rings is 1. The molecule has 0 bridgehead atoms. The molecule has 1 saturated carbocycles. The van der Waals surface area contributed by atoms with Crippen molar-refractivity contribution in [2.75, 3.05) is 0 Å². The van der Waals surface area contributed by atoms with Crippen LogP contribution in [0.2, 0.25) is 0 Å². The van der Waals surface area contributed by atoms with Crippen molar-refractivity contribution in [2.45, 2.75) is 70.5 Å². The van der Waals surface area contributed by atoms with Gasteiger partial charge in [-0.25, -0.2) is 0 Å². The van der Waals surface area contributed by atoms with Gasteiger partial charge in [0.15, 0.2) is 0 Å². The first kappa shape index (κ1) is 13.3. The van der Waals surface area contributed by atoms with Gasteiger partial charge in [-0.3, -0.25) is 0 Å². The van der Waals surface area contributed by atoms with Crippen LogP contribution < -0.4 is 4.74 Å². The van der Waals surface area contributed by atoms with Crippen molar-refractivity contribution in [3.8, 4) is 5.75 Å². The summed E-state index contributed by atoms with van der Waals surface area (Å²) in [5, 5.41) is 0. The Kier molecular flexibility index (Phi) is 4.76. The minimum absolute atomic E-state index is 0.202. The molecule has 0 amide bonds. The van der Waals surface area contributed by atoms with Crippen molar-refractivity contribution in [1.82, 2.24) is 0 Å². The highest BCUT2D eigenvalue weighted by Gasteiger charge is 2.31. The second-order valence-corrected chi connectivity index (χ2v) is 5.84. The Hall–Kier alpha value is -1.19. The third-order valence-corrected chi connectivity index (χ3v) is 4.02. The molecule has 1 aliphatic carbocycles. The smallest absolute Gasteiger partial charge is 0.406 e. The Labute approximate surface area is 135 Å². The Morgan fingerprint density at radius 1 is 1.18 bits per heavy atom. The predicted octanol–water partition coefficient (Wildman–Crippen LogP) is 6.44. The van der Waals surface area contributed by atoms with Crippen LogP contribution in [0.3, 0.4) is 0 Å². The number of alkyl halides is 3. The fraction of sp³-hybridized carbons (Fsp3) is 0.667. The summed E-state index contributed by atoms with van der Waals surface area (Å²) >= 11 is 0. The number of unbranched alkanes of at least 4 members (excludes halogenated alkanes) is 2. The molecule has 0 radical (unpaired) electrons. The van der Waals surface area contributed by atoms with E-state index in [1.54, 1.807) is 0 Å². The minimum atomic E-state index is -4.75. The number of hydrogen-bond acceptors (Lipinski definition) is 1. The first-order chi connectivity index (χ1) is 11.6. The summed E-state index contributed by atoms with van der Waals surface area (Å²) in [6, 6.07) is 5.28. The molecule has 1 aromatic carbocycles. The topological polar surface area (TPSA) is 9.23 Å². The zero-order valence-electron chi connectivity index (χ0n) is 15.8. The molecule has 0 spiro atoms. The lowest BCUT2D eigenvalue weighted by atomic mass is 9.77. The second-order valence-electron chi connectivity index (χ2n) is 5.84. The lowest BCUT2D eigenvalue weighted by molar-refractivity contribution is -0.274. The molecule has 3 atom stereocenters. The zero-order chi connectivity index (χ0) is 18.7. The van der Waals surface area contributed by atoms with Crippen molar-refractivity contribution in [3.05, 3.63) is 29.8 Å². The van der Waals surface area contributed by atoms with Crippen LogP contribution in [0.25, 0.3) is 0 Å². The van der Waals surface area contributed by atoms with Crippen molar-refractivity contribution >= 4 is 0 Å². The first-order valence-electron chi connectivity index (χ1n) is 9.48. The quantitative estimate of drug-likeness (QED) is 0.549.